The summed E-state index contributed by atoms with van der Waals surface area (Å²) < 4.78 is 26.3. The Morgan fingerprint density at radius 3 is 1.22 bits per heavy atom. The molecule has 0 saturated carbocycles. The third-order valence-electron chi connectivity index (χ3n) is 20.7. The third kappa shape index (κ3) is 31.8. The van der Waals surface area contributed by atoms with E-state index in [1.54, 1.807) is 49.4 Å². The van der Waals surface area contributed by atoms with E-state index >= 15 is 0 Å². The molecule has 0 aliphatic carbocycles. The summed E-state index contributed by atoms with van der Waals surface area (Å²) in [6, 6.07) is 10.8. The van der Waals surface area contributed by atoms with Gasteiger partial charge in [0, 0.05) is 18.2 Å². The van der Waals surface area contributed by atoms with Crippen molar-refractivity contribution in [3.8, 4) is 17.2 Å². The van der Waals surface area contributed by atoms with Crippen molar-refractivity contribution in [2.75, 3.05) is 26.4 Å². The minimum Gasteiger partial charge on any atom is -0.490 e. The number of nitrogens with two attached hydrogens (primary N) is 1. The molecule has 2 heterocycles. The number of hydrogen-bond acceptors (Lipinski definition) is 11. The molecule has 2 aromatic carbocycles. The highest BCUT2D eigenvalue weighted by molar-refractivity contribution is 6.07. The van der Waals surface area contributed by atoms with Gasteiger partial charge in [0.25, 0.3) is 0 Å². The van der Waals surface area contributed by atoms with E-state index in [0.29, 0.717) is 42.6 Å². The van der Waals surface area contributed by atoms with Gasteiger partial charge in [-0.25, -0.2) is 4.79 Å². The maximum Gasteiger partial charge on any atom is 0.325 e. The summed E-state index contributed by atoms with van der Waals surface area (Å²) in [7, 11) is 0. The number of ketones is 1. The van der Waals surface area contributed by atoms with Crippen LogP contribution in [0, 0.1) is 5.41 Å². The number of ether oxygens (including phenoxy) is 4. The van der Waals surface area contributed by atoms with Gasteiger partial charge in [-0.05, 0) is 55.9 Å². The second kappa shape index (κ2) is 51.4. The predicted octanol–water partition coefficient (Wildman–Crippen LogP) is 21.0. The van der Waals surface area contributed by atoms with E-state index in [1.807, 2.05) is 0 Å². The SMILES string of the molecule is CCCCCCCCCCCCCCCCCCOc1cc(CC(CC(=O)O)(C(=O)O)[C@]2(O)C[C@H](N3C=C(C)C(N)(C(=O)c4ccccc4)NC3=O)O[C@@H]2CO)cc(OCCCCCCCCCCCCCCCCCC)c1OCCCCCCCCCCCCCCCCCC. The first-order chi connectivity index (χ1) is 47.2. The molecule has 7 N–H and O–H groups in total. The van der Waals surface area contributed by atoms with E-state index in [1.165, 1.54) is 244 Å². The van der Waals surface area contributed by atoms with Crippen LogP contribution >= 0.6 is 0 Å². The van der Waals surface area contributed by atoms with Crippen LogP contribution < -0.4 is 25.3 Å². The first-order valence-electron chi connectivity index (χ1n) is 39.9. The molecule has 15 nitrogen and oxygen atoms in total. The second-order valence-electron chi connectivity index (χ2n) is 29.1. The lowest BCUT2D eigenvalue weighted by atomic mass is 9.62. The zero-order valence-electron chi connectivity index (χ0n) is 61.7. The lowest BCUT2D eigenvalue weighted by Crippen LogP contribution is -2.67. The van der Waals surface area contributed by atoms with Crippen LogP contribution in [-0.2, 0) is 20.7 Å². The fraction of sp³-hybridized carbons (Fsp3) is 0.780. The summed E-state index contributed by atoms with van der Waals surface area (Å²) in [5.41, 5.74) is 0.311. The van der Waals surface area contributed by atoms with Gasteiger partial charge >= 0.3 is 18.0 Å². The van der Waals surface area contributed by atoms with Gasteiger partial charge in [0.1, 0.15) is 23.3 Å². The van der Waals surface area contributed by atoms with Crippen molar-refractivity contribution in [3.05, 3.63) is 65.4 Å². The number of aliphatic hydroxyl groups excluding tert-OH is 1. The Bertz CT molecular complexity index is 2380. The molecule has 2 aliphatic heterocycles. The Morgan fingerprint density at radius 2 is 0.887 bits per heavy atom. The van der Waals surface area contributed by atoms with Crippen molar-refractivity contribution in [2.45, 2.75) is 379 Å². The standard InChI is InChI=1S/C82H139N3O12/c1-5-8-11-14-17-20-23-26-29-32-35-38-41-44-47-53-58-94-71-61-69(63-80(78(90)91,65-75(87)88)81(93)64-74(97-73(81)67-86)85-66-68(4)82(83,84-79(85)92)77(89)70-56-51-50-52-57-70)62-72(95-59-54-48-45-42-39-36-33-30-27-24-21-18-15-12-9-6-2)76(71)96-60-55-49-46-43-40-37-34-31-28-25-22-19-16-13-10-7-3/h50-52,56-57,61-62,66,73-74,86,93H,5-49,53-55,58-60,63-65,67,83H2,1-4H3,(H,84,92)(H,87,88)(H,90,91)/t73-,74-,80?,81+,82?/m1/s1. The molecule has 2 amide bonds. The average molecular weight is 1360 g/mol. The normalized spacial score (nSPS) is 18.4. The number of carbonyl (C=O) groups is 4. The number of rotatable bonds is 64. The molecule has 0 spiro atoms. The van der Waals surface area contributed by atoms with Gasteiger partial charge in [-0.2, -0.15) is 0 Å². The second-order valence-corrected chi connectivity index (χ2v) is 29.1. The van der Waals surface area contributed by atoms with Crippen LogP contribution in [0.15, 0.2) is 54.2 Å². The molecule has 0 radical (unpaired) electrons. The summed E-state index contributed by atoms with van der Waals surface area (Å²) in [6.45, 7) is 8.55. The number of carboxylic acids is 2. The number of urea groups is 1. The fourth-order valence-electron chi connectivity index (χ4n) is 14.5. The zero-order chi connectivity index (χ0) is 70.1. The highest BCUT2D eigenvalue weighted by Crippen LogP contribution is 2.51. The van der Waals surface area contributed by atoms with Gasteiger partial charge in [0.2, 0.25) is 11.5 Å². The monoisotopic (exact) mass is 1360 g/mol. The molecule has 4 rings (SSSR count). The zero-order valence-corrected chi connectivity index (χ0v) is 61.7. The van der Waals surface area contributed by atoms with Crippen molar-refractivity contribution in [3.63, 3.8) is 0 Å². The van der Waals surface area contributed by atoms with Crippen LogP contribution in [0.5, 0.6) is 17.2 Å². The molecule has 2 aliphatic rings. The van der Waals surface area contributed by atoms with Crippen molar-refractivity contribution in [1.82, 2.24) is 10.2 Å². The van der Waals surface area contributed by atoms with Crippen LogP contribution in [0.25, 0.3) is 0 Å². The quantitative estimate of drug-likeness (QED) is 0.0268. The summed E-state index contributed by atoms with van der Waals surface area (Å²) in [5.74, 6) is -2.62. The van der Waals surface area contributed by atoms with Gasteiger partial charge in [0.15, 0.2) is 17.2 Å². The molecule has 2 aromatic rings. The van der Waals surface area contributed by atoms with Crippen LogP contribution in [0.1, 0.15) is 365 Å². The number of aliphatic carboxylic acids is 2. The minimum atomic E-state index is -2.60. The Hall–Kier alpha value is -4.70. The van der Waals surface area contributed by atoms with Gasteiger partial charge in [-0.15, -0.1) is 0 Å². The highest BCUT2D eigenvalue weighted by Gasteiger charge is 2.66. The number of carboxylic acid groups (broad SMARTS) is 2. The van der Waals surface area contributed by atoms with Gasteiger partial charge in [0.05, 0.1) is 32.8 Å². The Balaban J connectivity index is 1.54. The summed E-state index contributed by atoms with van der Waals surface area (Å²) in [5, 5.41) is 48.9. The van der Waals surface area contributed by atoms with Crippen molar-refractivity contribution in [1.29, 1.82) is 0 Å². The predicted molar refractivity (Wildman–Crippen MR) is 395 cm³/mol. The molecule has 5 atom stereocenters. The molecule has 1 saturated heterocycles. The molecule has 15 heteroatoms. The molecule has 2 unspecified atom stereocenters. The van der Waals surface area contributed by atoms with E-state index in [-0.39, 0.29) is 11.1 Å². The number of nitrogens with zero attached hydrogens (tertiary/aromatic N) is 1. The van der Waals surface area contributed by atoms with Crippen molar-refractivity contribution >= 4 is 23.8 Å². The number of amides is 2. The first kappa shape index (κ1) is 84.7. The van der Waals surface area contributed by atoms with Gasteiger partial charge in [-0.3, -0.25) is 25.0 Å². The maximum atomic E-state index is 14.2. The smallest absolute Gasteiger partial charge is 0.325 e. The number of unbranched alkanes of at least 4 members (excludes halogenated alkanes) is 45. The Kier molecular flexibility index (Phi) is 44.9. The van der Waals surface area contributed by atoms with E-state index < -0.39 is 78.6 Å². The molecule has 1 fully saturated rings. The van der Waals surface area contributed by atoms with Crippen LogP contribution in [0.4, 0.5) is 4.79 Å². The van der Waals surface area contributed by atoms with E-state index in [4.69, 9.17) is 24.7 Å². The minimum absolute atomic E-state index is 0.215. The first-order valence-corrected chi connectivity index (χ1v) is 39.9. The molecule has 97 heavy (non-hydrogen) atoms. The van der Waals surface area contributed by atoms with E-state index in [0.717, 1.165) is 75.5 Å². The molecule has 0 bridgehead atoms. The Labute approximate surface area is 588 Å². The number of carbonyl (C=O) groups excluding carboxylic acids is 2. The molecular weight excluding hydrogens is 1220 g/mol. The summed E-state index contributed by atoms with van der Waals surface area (Å²) in [4.78, 5) is 56.3. The lowest BCUT2D eigenvalue weighted by Gasteiger charge is -2.43. The summed E-state index contributed by atoms with van der Waals surface area (Å²) >= 11 is 0. The highest BCUT2D eigenvalue weighted by atomic mass is 16.6. The molecule has 0 aromatic heterocycles. The van der Waals surface area contributed by atoms with Crippen LogP contribution in [0.3, 0.4) is 0 Å². The van der Waals surface area contributed by atoms with Crippen LogP contribution in [0.2, 0.25) is 0 Å². The van der Waals surface area contributed by atoms with Crippen molar-refractivity contribution in [2.24, 2.45) is 11.1 Å². The molecule has 554 valence electrons. The third-order valence-corrected chi connectivity index (χ3v) is 20.7. The number of Topliss-reactive ketones (excluding diaryl/α,β-unsaturated/α-hetero) is 1. The van der Waals surface area contributed by atoms with Crippen molar-refractivity contribution < 1.29 is 58.6 Å². The topological polar surface area (TPSA) is 227 Å². The Morgan fingerprint density at radius 1 is 0.546 bits per heavy atom. The number of aliphatic hydroxyl groups is 2. The average Bonchev–Trinajstić information content (AvgIpc) is 1.64. The number of nitrogens with one attached hydrogen (secondary N) is 1. The maximum absolute atomic E-state index is 14.2. The van der Waals surface area contributed by atoms with Gasteiger partial charge < -0.3 is 44.7 Å². The van der Waals surface area contributed by atoms with E-state index in [2.05, 4.69) is 26.1 Å². The summed E-state index contributed by atoms with van der Waals surface area (Å²) in [6.07, 6.45) is 55.5. The fourth-order valence-corrected chi connectivity index (χ4v) is 14.5. The largest absolute Gasteiger partial charge is 0.490 e. The number of hydrogen-bond donors (Lipinski definition) is 6. The molecular formula is C82H139N3O12. The number of benzene rings is 2. The van der Waals surface area contributed by atoms with Gasteiger partial charge in [-0.1, -0.05) is 340 Å². The lowest BCUT2D eigenvalue weighted by molar-refractivity contribution is -0.189. The van der Waals surface area contributed by atoms with Crippen LogP contribution in [-0.4, -0.2) is 99.1 Å². The van der Waals surface area contributed by atoms with E-state index in [9.17, 15) is 39.6 Å².